The van der Waals surface area contributed by atoms with Crippen LogP contribution in [0.3, 0.4) is 0 Å². The molecule has 0 spiro atoms. The lowest BCUT2D eigenvalue weighted by Crippen LogP contribution is -1.86. The largest absolute Gasteiger partial charge is 0.438 e. The average Bonchev–Trinajstić information content (AvgIpc) is 2.58. The summed E-state index contributed by atoms with van der Waals surface area (Å²) in [6.45, 7) is -0.265. The molecule has 0 saturated carbocycles. The second kappa shape index (κ2) is 3.40. The molecule has 1 aromatic heterocycles. The SMILES string of the molecule is O=C(Cl)c1ccc2nc(CO)oc2c1. The van der Waals surface area contributed by atoms with Gasteiger partial charge >= 0.3 is 0 Å². The number of aliphatic hydroxyl groups excluding tert-OH is 1. The Kier molecular flexibility index (Phi) is 2.23. The molecule has 0 amide bonds. The number of nitrogens with zero attached hydrogens (tertiary/aromatic N) is 1. The van der Waals surface area contributed by atoms with Gasteiger partial charge in [-0.2, -0.15) is 0 Å². The second-order valence-corrected chi connectivity index (χ2v) is 3.07. The van der Waals surface area contributed by atoms with Crippen LogP contribution in [0, 0.1) is 0 Å². The van der Waals surface area contributed by atoms with E-state index in [9.17, 15) is 4.79 Å². The van der Waals surface area contributed by atoms with E-state index >= 15 is 0 Å². The zero-order valence-corrected chi connectivity index (χ0v) is 7.78. The summed E-state index contributed by atoms with van der Waals surface area (Å²) >= 11 is 5.29. The van der Waals surface area contributed by atoms with Crippen molar-refractivity contribution in [1.82, 2.24) is 4.98 Å². The van der Waals surface area contributed by atoms with E-state index in [0.717, 1.165) is 0 Å². The Morgan fingerprint density at radius 3 is 3.00 bits per heavy atom. The maximum Gasteiger partial charge on any atom is 0.252 e. The zero-order valence-electron chi connectivity index (χ0n) is 7.03. The number of aromatic nitrogens is 1. The molecule has 0 saturated heterocycles. The summed E-state index contributed by atoms with van der Waals surface area (Å²) in [5.41, 5.74) is 1.39. The summed E-state index contributed by atoms with van der Waals surface area (Å²) in [6, 6.07) is 4.67. The van der Waals surface area contributed by atoms with Crippen LogP contribution in [0.25, 0.3) is 11.1 Å². The summed E-state index contributed by atoms with van der Waals surface area (Å²) in [5.74, 6) is 0.221. The normalized spacial score (nSPS) is 10.7. The summed E-state index contributed by atoms with van der Waals surface area (Å²) in [6.07, 6.45) is 0. The van der Waals surface area contributed by atoms with E-state index in [0.29, 0.717) is 16.7 Å². The molecular weight excluding hydrogens is 206 g/mol. The lowest BCUT2D eigenvalue weighted by atomic mass is 10.2. The van der Waals surface area contributed by atoms with Crippen molar-refractivity contribution in [3.05, 3.63) is 29.7 Å². The predicted molar refractivity (Wildman–Crippen MR) is 50.1 cm³/mol. The van der Waals surface area contributed by atoms with Gasteiger partial charge in [-0.05, 0) is 29.8 Å². The number of halogens is 1. The molecule has 0 aliphatic carbocycles. The van der Waals surface area contributed by atoms with Gasteiger partial charge in [0.1, 0.15) is 12.1 Å². The molecule has 0 bridgehead atoms. The van der Waals surface area contributed by atoms with Crippen LogP contribution in [0.4, 0.5) is 0 Å². The van der Waals surface area contributed by atoms with Crippen molar-refractivity contribution in [2.24, 2.45) is 0 Å². The summed E-state index contributed by atoms with van der Waals surface area (Å²) in [5, 5.41) is 8.22. The minimum absolute atomic E-state index is 0.221. The van der Waals surface area contributed by atoms with Gasteiger partial charge in [-0.3, -0.25) is 4.79 Å². The highest BCUT2D eigenvalue weighted by molar-refractivity contribution is 6.67. The highest BCUT2D eigenvalue weighted by Gasteiger charge is 2.08. The Bertz CT molecular complexity index is 492. The van der Waals surface area contributed by atoms with E-state index in [4.69, 9.17) is 21.1 Å². The van der Waals surface area contributed by atoms with Crippen LogP contribution in [-0.2, 0) is 6.61 Å². The van der Waals surface area contributed by atoms with Gasteiger partial charge in [-0.25, -0.2) is 4.98 Å². The van der Waals surface area contributed by atoms with Crippen LogP contribution >= 0.6 is 11.6 Å². The molecule has 0 unspecified atom stereocenters. The van der Waals surface area contributed by atoms with Gasteiger partial charge in [0.2, 0.25) is 5.89 Å². The van der Waals surface area contributed by atoms with E-state index in [2.05, 4.69) is 4.98 Å². The van der Waals surface area contributed by atoms with Crippen molar-refractivity contribution in [2.45, 2.75) is 6.61 Å². The highest BCUT2D eigenvalue weighted by atomic mass is 35.5. The van der Waals surface area contributed by atoms with Crippen molar-refractivity contribution in [3.8, 4) is 0 Å². The lowest BCUT2D eigenvalue weighted by Gasteiger charge is -1.90. The molecule has 0 aliphatic rings. The van der Waals surface area contributed by atoms with E-state index in [-0.39, 0.29) is 12.5 Å². The van der Waals surface area contributed by atoms with Gasteiger partial charge in [0, 0.05) is 5.56 Å². The fraction of sp³-hybridized carbons (Fsp3) is 0.111. The first-order valence-electron chi connectivity index (χ1n) is 3.91. The molecule has 72 valence electrons. The molecule has 0 fully saturated rings. The molecule has 1 aromatic carbocycles. The number of fused-ring (bicyclic) bond motifs is 1. The Morgan fingerprint density at radius 1 is 1.57 bits per heavy atom. The van der Waals surface area contributed by atoms with Crippen molar-refractivity contribution >= 4 is 27.9 Å². The first-order chi connectivity index (χ1) is 6.70. The quantitative estimate of drug-likeness (QED) is 0.768. The molecule has 2 aromatic rings. The van der Waals surface area contributed by atoms with Crippen molar-refractivity contribution in [3.63, 3.8) is 0 Å². The molecular formula is C9H6ClNO3. The number of rotatable bonds is 2. The monoisotopic (exact) mass is 211 g/mol. The number of carbonyl (C=O) groups excluding carboxylic acids is 1. The third-order valence-corrected chi connectivity index (χ3v) is 2.01. The number of aliphatic hydroxyl groups is 1. The Morgan fingerprint density at radius 2 is 2.36 bits per heavy atom. The van der Waals surface area contributed by atoms with E-state index in [1.54, 1.807) is 12.1 Å². The van der Waals surface area contributed by atoms with Gasteiger partial charge in [0.05, 0.1) is 0 Å². The maximum atomic E-state index is 10.8. The first-order valence-corrected chi connectivity index (χ1v) is 4.28. The van der Waals surface area contributed by atoms with Gasteiger partial charge in [-0.1, -0.05) is 0 Å². The number of hydrogen-bond acceptors (Lipinski definition) is 4. The Balaban J connectivity index is 2.59. The lowest BCUT2D eigenvalue weighted by molar-refractivity contribution is 0.108. The maximum absolute atomic E-state index is 10.8. The van der Waals surface area contributed by atoms with E-state index in [1.807, 2.05) is 0 Å². The molecule has 5 heteroatoms. The molecule has 1 heterocycles. The zero-order chi connectivity index (χ0) is 10.1. The summed E-state index contributed by atoms with van der Waals surface area (Å²) < 4.78 is 5.14. The van der Waals surface area contributed by atoms with E-state index in [1.165, 1.54) is 6.07 Å². The molecule has 14 heavy (non-hydrogen) atoms. The van der Waals surface area contributed by atoms with Crippen LogP contribution in [0.1, 0.15) is 16.2 Å². The topological polar surface area (TPSA) is 63.3 Å². The van der Waals surface area contributed by atoms with Crippen molar-refractivity contribution in [1.29, 1.82) is 0 Å². The standard InChI is InChI=1S/C9H6ClNO3/c10-9(13)5-1-2-6-7(3-5)14-8(4-12)11-6/h1-3,12H,4H2. The third kappa shape index (κ3) is 1.49. The Hall–Kier alpha value is -1.39. The van der Waals surface area contributed by atoms with Crippen LogP contribution < -0.4 is 0 Å². The van der Waals surface area contributed by atoms with Crippen LogP contribution in [0.5, 0.6) is 0 Å². The molecule has 1 N–H and O–H groups in total. The smallest absolute Gasteiger partial charge is 0.252 e. The number of carbonyl (C=O) groups is 1. The van der Waals surface area contributed by atoms with Crippen LogP contribution in [0.15, 0.2) is 22.6 Å². The average molecular weight is 212 g/mol. The van der Waals surface area contributed by atoms with Gasteiger partial charge < -0.3 is 9.52 Å². The minimum atomic E-state index is -0.547. The summed E-state index contributed by atoms with van der Waals surface area (Å²) in [4.78, 5) is 14.8. The molecule has 4 nitrogen and oxygen atoms in total. The fourth-order valence-corrected chi connectivity index (χ4v) is 1.28. The van der Waals surface area contributed by atoms with Gasteiger partial charge in [-0.15, -0.1) is 0 Å². The van der Waals surface area contributed by atoms with Crippen LogP contribution in [-0.4, -0.2) is 15.3 Å². The minimum Gasteiger partial charge on any atom is -0.438 e. The van der Waals surface area contributed by atoms with Crippen molar-refractivity contribution < 1.29 is 14.3 Å². The second-order valence-electron chi connectivity index (χ2n) is 2.72. The summed E-state index contributed by atoms with van der Waals surface area (Å²) in [7, 11) is 0. The van der Waals surface area contributed by atoms with Gasteiger partial charge in [0.25, 0.3) is 5.24 Å². The molecule has 0 atom stereocenters. The van der Waals surface area contributed by atoms with Crippen LogP contribution in [0.2, 0.25) is 0 Å². The van der Waals surface area contributed by atoms with E-state index < -0.39 is 5.24 Å². The Labute approximate surface area is 84.1 Å². The third-order valence-electron chi connectivity index (χ3n) is 1.79. The fourth-order valence-electron chi connectivity index (χ4n) is 1.16. The molecule has 2 rings (SSSR count). The molecule has 0 radical (unpaired) electrons. The highest BCUT2D eigenvalue weighted by Crippen LogP contribution is 2.18. The number of hydrogen-bond donors (Lipinski definition) is 1. The van der Waals surface area contributed by atoms with Crippen molar-refractivity contribution in [2.75, 3.05) is 0 Å². The number of oxazole rings is 1. The number of benzene rings is 1. The first kappa shape index (κ1) is 9.18. The molecule has 0 aliphatic heterocycles. The predicted octanol–water partition coefficient (Wildman–Crippen LogP) is 1.70. The van der Waals surface area contributed by atoms with Gasteiger partial charge in [0.15, 0.2) is 5.58 Å².